The normalized spacial score (nSPS) is 14.5. The molecule has 0 radical (unpaired) electrons. The van der Waals surface area contributed by atoms with E-state index in [1.165, 1.54) is 11.3 Å². The van der Waals surface area contributed by atoms with Crippen molar-refractivity contribution in [3.63, 3.8) is 0 Å². The molecule has 0 unspecified atom stereocenters. The van der Waals surface area contributed by atoms with Crippen LogP contribution in [-0.2, 0) is 0 Å². The molecule has 0 saturated heterocycles. The highest BCUT2D eigenvalue weighted by Gasteiger charge is 2.17. The van der Waals surface area contributed by atoms with Gasteiger partial charge in [0.2, 0.25) is 0 Å². The molecule has 1 aromatic rings. The maximum absolute atomic E-state index is 4.14. The van der Waals surface area contributed by atoms with Crippen LogP contribution in [0, 0.1) is 11.8 Å². The number of nitrogens with zero attached hydrogens (tertiary/aromatic N) is 4. The zero-order chi connectivity index (χ0) is 16.9. The average molecular weight is 305 g/mol. The minimum Gasteiger partial charge on any atom is -0.197 e. The molecular weight excluding hydrogens is 274 g/mol. The second-order valence-electron chi connectivity index (χ2n) is 7.02. The molecular formula is C17H31N5. The Morgan fingerprint density at radius 1 is 0.727 bits per heavy atom. The molecule has 0 aliphatic carbocycles. The van der Waals surface area contributed by atoms with E-state index >= 15 is 0 Å². The molecule has 5 heteroatoms. The summed E-state index contributed by atoms with van der Waals surface area (Å²) in [6, 6.07) is 0. The van der Waals surface area contributed by atoms with Crippen LogP contribution < -0.4 is 0 Å². The summed E-state index contributed by atoms with van der Waals surface area (Å²) in [4.78, 5) is 0. The van der Waals surface area contributed by atoms with Crippen molar-refractivity contribution in [1.82, 2.24) is 15.4 Å². The Morgan fingerprint density at radius 2 is 1.23 bits per heavy atom. The van der Waals surface area contributed by atoms with E-state index in [-0.39, 0.29) is 0 Å². The molecule has 1 aromatic heterocycles. The van der Waals surface area contributed by atoms with Crippen LogP contribution in [-0.4, -0.2) is 22.0 Å². The van der Waals surface area contributed by atoms with Crippen molar-refractivity contribution < 1.29 is 0 Å². The van der Waals surface area contributed by atoms with Crippen molar-refractivity contribution in [2.24, 2.45) is 22.1 Å². The Hall–Kier alpha value is -1.52. The number of aromatic amines is 1. The summed E-state index contributed by atoms with van der Waals surface area (Å²) in [5.74, 6) is 2.05. The smallest absolute Gasteiger partial charge is 0.0884 e. The third kappa shape index (κ3) is 4.75. The van der Waals surface area contributed by atoms with Gasteiger partial charge in [-0.15, -0.1) is 0 Å². The van der Waals surface area contributed by atoms with E-state index in [1.54, 1.807) is 0 Å². The van der Waals surface area contributed by atoms with Crippen LogP contribution in [0.4, 0.5) is 0 Å². The van der Waals surface area contributed by atoms with Crippen LogP contribution in [0.5, 0.6) is 0 Å². The van der Waals surface area contributed by atoms with Gasteiger partial charge in [0.15, 0.2) is 0 Å². The van der Waals surface area contributed by atoms with Crippen molar-refractivity contribution in [3.8, 4) is 0 Å². The highest BCUT2D eigenvalue weighted by atomic mass is 15.3. The monoisotopic (exact) mass is 305 g/mol. The molecule has 0 amide bonds. The first-order valence-corrected chi connectivity index (χ1v) is 8.26. The van der Waals surface area contributed by atoms with Gasteiger partial charge in [-0.1, -0.05) is 55.4 Å². The number of hydrogen-bond donors (Lipinski definition) is 1. The summed E-state index contributed by atoms with van der Waals surface area (Å²) in [5.41, 5.74) is 4.82. The number of rotatable bonds is 4. The summed E-state index contributed by atoms with van der Waals surface area (Å²) in [6.07, 6.45) is 0. The molecule has 22 heavy (non-hydrogen) atoms. The summed E-state index contributed by atoms with van der Waals surface area (Å²) in [5, 5.41) is 19.0. The van der Waals surface area contributed by atoms with E-state index in [0.29, 0.717) is 23.7 Å². The van der Waals surface area contributed by atoms with Crippen molar-refractivity contribution >= 4 is 0 Å². The molecule has 0 fully saturated rings. The Labute approximate surface area is 134 Å². The lowest BCUT2D eigenvalue weighted by molar-refractivity contribution is 0.695. The van der Waals surface area contributed by atoms with Crippen LogP contribution in [0.1, 0.15) is 78.6 Å². The van der Waals surface area contributed by atoms with Gasteiger partial charge in [-0.3, -0.25) is 0 Å². The van der Waals surface area contributed by atoms with Gasteiger partial charge in [0.05, 0.1) is 23.6 Å². The maximum Gasteiger partial charge on any atom is 0.0884 e. The van der Waals surface area contributed by atoms with Crippen molar-refractivity contribution in [3.05, 3.63) is 22.7 Å². The largest absolute Gasteiger partial charge is 0.197 e. The second kappa shape index (κ2) is 8.20. The number of aromatic nitrogens is 3. The number of allylic oxidation sites excluding steroid dienone is 1. The molecule has 1 N–H and O–H groups in total. The molecule has 0 atom stereocenters. The van der Waals surface area contributed by atoms with Gasteiger partial charge in [-0.25, -0.2) is 0 Å². The first-order valence-electron chi connectivity index (χ1n) is 8.26. The molecule has 2 heterocycles. The molecule has 5 nitrogen and oxygen atoms in total. The van der Waals surface area contributed by atoms with E-state index in [9.17, 15) is 0 Å². The van der Waals surface area contributed by atoms with Crippen LogP contribution in [0.25, 0.3) is 0 Å². The quantitative estimate of drug-likeness (QED) is 0.843. The molecule has 0 saturated carbocycles. The van der Waals surface area contributed by atoms with Gasteiger partial charge in [0.25, 0.3) is 0 Å². The Morgan fingerprint density at radius 3 is 1.55 bits per heavy atom. The molecule has 0 spiro atoms. The van der Waals surface area contributed by atoms with E-state index in [1.807, 2.05) is 0 Å². The van der Waals surface area contributed by atoms with E-state index in [4.69, 9.17) is 0 Å². The third-order valence-corrected chi connectivity index (χ3v) is 3.69. The molecule has 2 rings (SSSR count). The highest BCUT2D eigenvalue weighted by molar-refractivity contribution is 5.21. The van der Waals surface area contributed by atoms with Gasteiger partial charge in [-0.2, -0.15) is 25.6 Å². The van der Waals surface area contributed by atoms with Crippen LogP contribution in [0.2, 0.25) is 0 Å². The fraction of sp³-hybridized carbons (Fsp3) is 0.765. The Balaban J connectivity index is 0.000000220. The lowest BCUT2D eigenvalue weighted by atomic mass is 9.97. The van der Waals surface area contributed by atoms with Crippen LogP contribution in [0.3, 0.4) is 0 Å². The Bertz CT molecular complexity index is 498. The Kier molecular flexibility index (Phi) is 6.91. The van der Waals surface area contributed by atoms with Crippen molar-refractivity contribution in [2.75, 3.05) is 6.54 Å². The van der Waals surface area contributed by atoms with Crippen LogP contribution in [0.15, 0.2) is 21.5 Å². The molecule has 1 aliphatic heterocycles. The SMILES string of the molecule is CC(C)C1=C(C(C)C)N=NC1.CC(C)c1n[nH]nc1C(C)C. The number of azo groups is 1. The minimum atomic E-state index is 0.464. The van der Waals surface area contributed by atoms with Gasteiger partial charge in [0.1, 0.15) is 0 Å². The maximum atomic E-state index is 4.14. The van der Waals surface area contributed by atoms with Gasteiger partial charge in [-0.05, 0) is 29.2 Å². The molecule has 0 bridgehead atoms. The summed E-state index contributed by atoms with van der Waals surface area (Å²) < 4.78 is 0. The van der Waals surface area contributed by atoms with Gasteiger partial charge < -0.3 is 0 Å². The second-order valence-corrected chi connectivity index (χ2v) is 7.02. The fourth-order valence-electron chi connectivity index (χ4n) is 2.39. The van der Waals surface area contributed by atoms with Gasteiger partial charge >= 0.3 is 0 Å². The molecule has 0 aromatic carbocycles. The molecule has 124 valence electrons. The van der Waals surface area contributed by atoms with Gasteiger partial charge in [0, 0.05) is 0 Å². The number of hydrogen-bond acceptors (Lipinski definition) is 4. The topological polar surface area (TPSA) is 66.3 Å². The predicted octanol–water partition coefficient (Wildman–Crippen LogP) is 5.07. The van der Waals surface area contributed by atoms with Crippen molar-refractivity contribution in [1.29, 1.82) is 0 Å². The lowest BCUT2D eigenvalue weighted by Crippen LogP contribution is -2.01. The number of H-pyrrole nitrogens is 1. The zero-order valence-electron chi connectivity index (χ0n) is 15.3. The summed E-state index contributed by atoms with van der Waals surface area (Å²) in [7, 11) is 0. The fourth-order valence-corrected chi connectivity index (χ4v) is 2.39. The van der Waals surface area contributed by atoms with Crippen LogP contribution >= 0.6 is 0 Å². The predicted molar refractivity (Wildman–Crippen MR) is 91.0 cm³/mol. The van der Waals surface area contributed by atoms with E-state index in [0.717, 1.165) is 17.9 Å². The van der Waals surface area contributed by atoms with Crippen molar-refractivity contribution in [2.45, 2.75) is 67.2 Å². The summed E-state index contributed by atoms with van der Waals surface area (Å²) in [6.45, 7) is 18.1. The third-order valence-electron chi connectivity index (χ3n) is 3.69. The minimum absolute atomic E-state index is 0.464. The average Bonchev–Trinajstić information content (AvgIpc) is 3.08. The standard InChI is InChI=1S/C9H16N2.C8H15N3/c1-6(2)8-5-10-11-9(8)7(3)4;1-5(2)7-8(6(3)4)10-11-9-7/h6-7H,5H2,1-4H3;5-6H,1-4H3,(H,9,10,11). The first kappa shape index (κ1) is 18.5. The zero-order valence-corrected chi connectivity index (χ0v) is 15.3. The summed E-state index contributed by atoms with van der Waals surface area (Å²) >= 11 is 0. The van der Waals surface area contributed by atoms with E-state index in [2.05, 4.69) is 81.0 Å². The number of nitrogens with one attached hydrogen (secondary N) is 1. The highest BCUT2D eigenvalue weighted by Crippen LogP contribution is 2.27. The lowest BCUT2D eigenvalue weighted by Gasteiger charge is -2.09. The molecule has 1 aliphatic rings. The first-order chi connectivity index (χ1) is 10.3. The van der Waals surface area contributed by atoms with E-state index < -0.39 is 0 Å².